The minimum Gasteiger partial charge on any atom is -0.464 e. The molecule has 0 aromatic carbocycles. The van der Waals surface area contributed by atoms with Crippen LogP contribution in [0.15, 0.2) is 0 Å². The highest BCUT2D eigenvalue weighted by Gasteiger charge is 2.48. The number of hydrogen-bond donors (Lipinski definition) is 2. The number of carboxylic acid groups (broad SMARTS) is 1. The predicted molar refractivity (Wildman–Crippen MR) is 43.7 cm³/mol. The third kappa shape index (κ3) is 0.982. The van der Waals surface area contributed by atoms with Gasteiger partial charge in [0, 0.05) is 6.54 Å². The maximum Gasteiger partial charge on any atom is 0.422 e. The SMILES string of the molecule is O=C(O)N1NCC12CCCCC2. The zero-order valence-corrected chi connectivity index (χ0v) is 7.05. The van der Waals surface area contributed by atoms with E-state index in [-0.39, 0.29) is 5.54 Å². The van der Waals surface area contributed by atoms with Crippen LogP contribution in [-0.2, 0) is 0 Å². The van der Waals surface area contributed by atoms with Crippen LogP contribution in [0.1, 0.15) is 32.1 Å². The van der Waals surface area contributed by atoms with Crippen LogP contribution in [0.3, 0.4) is 0 Å². The molecule has 1 saturated heterocycles. The molecule has 1 aliphatic heterocycles. The molecule has 2 fully saturated rings. The highest BCUT2D eigenvalue weighted by Crippen LogP contribution is 2.36. The number of nitrogens with one attached hydrogen (secondary N) is 1. The van der Waals surface area contributed by atoms with Crippen LogP contribution in [-0.4, -0.2) is 28.3 Å². The van der Waals surface area contributed by atoms with E-state index in [1.54, 1.807) is 0 Å². The van der Waals surface area contributed by atoms with Gasteiger partial charge in [0.05, 0.1) is 5.54 Å². The third-order valence-corrected chi connectivity index (χ3v) is 3.02. The highest BCUT2D eigenvalue weighted by atomic mass is 16.4. The second-order valence-electron chi connectivity index (χ2n) is 3.74. The smallest absolute Gasteiger partial charge is 0.422 e. The molecule has 2 rings (SSSR count). The molecule has 1 spiro atoms. The summed E-state index contributed by atoms with van der Waals surface area (Å²) in [6.07, 6.45) is 4.84. The van der Waals surface area contributed by atoms with Gasteiger partial charge in [0.25, 0.3) is 0 Å². The molecule has 1 heterocycles. The zero-order chi connectivity index (χ0) is 8.60. The van der Waals surface area contributed by atoms with Crippen LogP contribution < -0.4 is 5.43 Å². The predicted octanol–water partition coefficient (Wildman–Crippen LogP) is 1.19. The molecular formula is C8H14N2O2. The first-order valence-electron chi connectivity index (χ1n) is 4.51. The van der Waals surface area contributed by atoms with E-state index < -0.39 is 6.09 Å². The molecule has 1 aliphatic carbocycles. The van der Waals surface area contributed by atoms with E-state index >= 15 is 0 Å². The molecule has 2 aliphatic rings. The Hall–Kier alpha value is -0.770. The Labute approximate surface area is 71.5 Å². The molecule has 0 radical (unpaired) electrons. The maximum atomic E-state index is 10.7. The molecule has 4 heteroatoms. The van der Waals surface area contributed by atoms with Gasteiger partial charge in [-0.1, -0.05) is 19.3 Å². The Morgan fingerprint density at radius 1 is 1.33 bits per heavy atom. The Kier molecular flexibility index (Phi) is 1.72. The fourth-order valence-corrected chi connectivity index (χ4v) is 2.26. The van der Waals surface area contributed by atoms with Crippen LogP contribution in [0.4, 0.5) is 4.79 Å². The Balaban J connectivity index is 2.05. The first kappa shape index (κ1) is 7.86. The first-order chi connectivity index (χ1) is 5.75. The molecule has 0 unspecified atom stereocenters. The van der Waals surface area contributed by atoms with E-state index in [1.165, 1.54) is 24.3 Å². The second-order valence-corrected chi connectivity index (χ2v) is 3.74. The minimum atomic E-state index is -0.830. The summed E-state index contributed by atoms with van der Waals surface area (Å²) in [6.45, 7) is 0.847. The van der Waals surface area contributed by atoms with Crippen LogP contribution in [0.25, 0.3) is 0 Å². The van der Waals surface area contributed by atoms with Gasteiger partial charge in [0.2, 0.25) is 0 Å². The molecule has 0 aromatic heterocycles. The molecular weight excluding hydrogens is 156 g/mol. The van der Waals surface area contributed by atoms with Crippen LogP contribution >= 0.6 is 0 Å². The van der Waals surface area contributed by atoms with Crippen LogP contribution in [0.5, 0.6) is 0 Å². The van der Waals surface area contributed by atoms with Crippen molar-refractivity contribution in [3.63, 3.8) is 0 Å². The van der Waals surface area contributed by atoms with Crippen molar-refractivity contribution in [2.45, 2.75) is 37.6 Å². The average molecular weight is 170 g/mol. The lowest BCUT2D eigenvalue weighted by molar-refractivity contribution is -0.0641. The van der Waals surface area contributed by atoms with Crippen molar-refractivity contribution in [1.29, 1.82) is 0 Å². The largest absolute Gasteiger partial charge is 0.464 e. The Bertz CT molecular complexity index is 199. The van der Waals surface area contributed by atoms with Crippen molar-refractivity contribution in [2.75, 3.05) is 6.54 Å². The molecule has 12 heavy (non-hydrogen) atoms. The Morgan fingerprint density at radius 3 is 2.42 bits per heavy atom. The van der Waals surface area contributed by atoms with Crippen molar-refractivity contribution in [3.05, 3.63) is 0 Å². The van der Waals surface area contributed by atoms with Gasteiger partial charge in [0.15, 0.2) is 0 Å². The fourth-order valence-electron chi connectivity index (χ4n) is 2.26. The van der Waals surface area contributed by atoms with Gasteiger partial charge in [-0.25, -0.2) is 15.2 Å². The number of hydrazine groups is 1. The topological polar surface area (TPSA) is 52.6 Å². The van der Waals surface area contributed by atoms with Gasteiger partial charge in [-0.15, -0.1) is 0 Å². The van der Waals surface area contributed by atoms with Gasteiger partial charge in [-0.3, -0.25) is 0 Å². The fraction of sp³-hybridized carbons (Fsp3) is 0.875. The molecule has 0 atom stereocenters. The lowest BCUT2D eigenvalue weighted by Crippen LogP contribution is -2.73. The van der Waals surface area contributed by atoms with E-state index in [2.05, 4.69) is 5.43 Å². The van der Waals surface area contributed by atoms with Crippen molar-refractivity contribution < 1.29 is 9.90 Å². The summed E-state index contributed by atoms with van der Waals surface area (Å²) < 4.78 is 0. The number of nitrogens with zero attached hydrogens (tertiary/aromatic N) is 1. The van der Waals surface area contributed by atoms with Crippen molar-refractivity contribution in [3.8, 4) is 0 Å². The summed E-state index contributed by atoms with van der Waals surface area (Å²) in [5, 5.41) is 10.2. The maximum absolute atomic E-state index is 10.7. The number of hydrogen-bond acceptors (Lipinski definition) is 2. The van der Waals surface area contributed by atoms with Crippen molar-refractivity contribution in [1.82, 2.24) is 10.4 Å². The van der Waals surface area contributed by atoms with Crippen molar-refractivity contribution in [2.24, 2.45) is 0 Å². The molecule has 1 saturated carbocycles. The monoisotopic (exact) mass is 170 g/mol. The molecule has 0 bridgehead atoms. The number of amides is 1. The summed E-state index contributed by atoms with van der Waals surface area (Å²) in [7, 11) is 0. The van der Waals surface area contributed by atoms with Gasteiger partial charge in [-0.2, -0.15) is 0 Å². The quantitative estimate of drug-likeness (QED) is 0.574. The normalized spacial score (nSPS) is 26.8. The standard InChI is InChI=1S/C8H14N2O2/c11-7(12)10-8(6-9-10)4-2-1-3-5-8/h9H,1-6H2,(H,11,12). The molecule has 4 nitrogen and oxygen atoms in total. The number of rotatable bonds is 0. The highest BCUT2D eigenvalue weighted by molar-refractivity contribution is 5.66. The minimum absolute atomic E-state index is 0.0376. The van der Waals surface area contributed by atoms with E-state index in [0.29, 0.717) is 0 Å². The summed E-state index contributed by atoms with van der Waals surface area (Å²) in [5.74, 6) is 0. The third-order valence-electron chi connectivity index (χ3n) is 3.02. The molecule has 1 amide bonds. The van der Waals surface area contributed by atoms with Gasteiger partial charge < -0.3 is 5.11 Å². The van der Waals surface area contributed by atoms with Gasteiger partial charge >= 0.3 is 6.09 Å². The lowest BCUT2D eigenvalue weighted by Gasteiger charge is -2.53. The summed E-state index contributed by atoms with van der Waals surface area (Å²) in [5.41, 5.74) is 2.80. The Morgan fingerprint density at radius 2 is 2.00 bits per heavy atom. The lowest BCUT2D eigenvalue weighted by atomic mass is 9.79. The average Bonchev–Trinajstić information content (AvgIpc) is 2.03. The van der Waals surface area contributed by atoms with E-state index in [9.17, 15) is 4.79 Å². The van der Waals surface area contributed by atoms with Gasteiger partial charge in [0.1, 0.15) is 0 Å². The summed E-state index contributed by atoms with van der Waals surface area (Å²) in [6, 6.07) is 0. The summed E-state index contributed by atoms with van der Waals surface area (Å²) >= 11 is 0. The van der Waals surface area contributed by atoms with E-state index in [1.807, 2.05) is 0 Å². The van der Waals surface area contributed by atoms with E-state index in [4.69, 9.17) is 5.11 Å². The van der Waals surface area contributed by atoms with Crippen LogP contribution in [0.2, 0.25) is 0 Å². The molecule has 0 aromatic rings. The first-order valence-corrected chi connectivity index (χ1v) is 4.51. The van der Waals surface area contributed by atoms with Crippen molar-refractivity contribution >= 4 is 6.09 Å². The van der Waals surface area contributed by atoms with Gasteiger partial charge in [-0.05, 0) is 12.8 Å². The zero-order valence-electron chi connectivity index (χ0n) is 7.05. The van der Waals surface area contributed by atoms with E-state index in [0.717, 1.165) is 19.4 Å². The van der Waals surface area contributed by atoms with Crippen LogP contribution in [0, 0.1) is 0 Å². The molecule has 68 valence electrons. The summed E-state index contributed by atoms with van der Waals surface area (Å²) in [4.78, 5) is 10.7. The molecule has 2 N–H and O–H groups in total. The second kappa shape index (κ2) is 2.62. The number of carbonyl (C=O) groups is 1.